The van der Waals surface area contributed by atoms with E-state index in [0.717, 1.165) is 11.3 Å². The lowest BCUT2D eigenvalue weighted by Gasteiger charge is -2.31. The van der Waals surface area contributed by atoms with Crippen molar-refractivity contribution in [3.05, 3.63) is 59.1 Å². The molecule has 1 aliphatic heterocycles. The molecule has 2 aromatic rings. The molecule has 0 bridgehead atoms. The van der Waals surface area contributed by atoms with E-state index >= 15 is 0 Å². The smallest absolute Gasteiger partial charge is 0.227 e. The number of nitrogens with one attached hydrogen (secondary N) is 1. The molecule has 28 heavy (non-hydrogen) atoms. The number of halogens is 1. The second kappa shape index (κ2) is 9.60. The summed E-state index contributed by atoms with van der Waals surface area (Å²) in [6.45, 7) is 3.47. The number of piperidine rings is 1. The van der Waals surface area contributed by atoms with Gasteiger partial charge in [0.1, 0.15) is 5.75 Å². The Morgan fingerprint density at radius 3 is 2.54 bits per heavy atom. The average Bonchev–Trinajstić information content (AvgIpc) is 2.71. The summed E-state index contributed by atoms with van der Waals surface area (Å²) in [5, 5.41) is 3.56. The van der Waals surface area contributed by atoms with Gasteiger partial charge in [-0.05, 0) is 49.6 Å². The van der Waals surface area contributed by atoms with Crippen molar-refractivity contribution in [3.63, 3.8) is 0 Å². The van der Waals surface area contributed by atoms with Crippen LogP contribution in [0.1, 0.15) is 24.8 Å². The van der Waals surface area contributed by atoms with Crippen molar-refractivity contribution in [2.45, 2.75) is 26.2 Å². The van der Waals surface area contributed by atoms with Gasteiger partial charge >= 0.3 is 0 Å². The lowest BCUT2D eigenvalue weighted by atomic mass is 9.95. The van der Waals surface area contributed by atoms with Crippen LogP contribution in [0.2, 0.25) is 5.02 Å². The van der Waals surface area contributed by atoms with Crippen molar-refractivity contribution < 1.29 is 14.3 Å². The van der Waals surface area contributed by atoms with Crippen LogP contribution >= 0.6 is 11.6 Å². The van der Waals surface area contributed by atoms with Gasteiger partial charge < -0.3 is 15.0 Å². The predicted octanol–water partition coefficient (Wildman–Crippen LogP) is 4.29. The number of benzene rings is 2. The molecule has 1 fully saturated rings. The maximum atomic E-state index is 12.5. The van der Waals surface area contributed by atoms with Crippen LogP contribution in [0.5, 0.6) is 5.75 Å². The lowest BCUT2D eigenvalue weighted by Crippen LogP contribution is -2.41. The average molecular weight is 401 g/mol. The summed E-state index contributed by atoms with van der Waals surface area (Å²) in [7, 11) is 0. The molecule has 1 heterocycles. The molecule has 1 N–H and O–H groups in total. The van der Waals surface area contributed by atoms with E-state index in [-0.39, 0.29) is 17.7 Å². The molecule has 0 unspecified atom stereocenters. The first-order valence-electron chi connectivity index (χ1n) is 9.55. The highest BCUT2D eigenvalue weighted by atomic mass is 35.5. The molecule has 0 radical (unpaired) electrons. The van der Waals surface area contributed by atoms with E-state index in [1.807, 2.05) is 54.3 Å². The summed E-state index contributed by atoms with van der Waals surface area (Å²) < 4.78 is 5.59. The lowest BCUT2D eigenvalue weighted by molar-refractivity contribution is -0.135. The predicted molar refractivity (Wildman–Crippen MR) is 111 cm³/mol. The van der Waals surface area contributed by atoms with Crippen LogP contribution in [0.15, 0.2) is 48.5 Å². The van der Waals surface area contributed by atoms with Gasteiger partial charge in [-0.1, -0.05) is 35.9 Å². The van der Waals surface area contributed by atoms with Crippen LogP contribution < -0.4 is 10.1 Å². The van der Waals surface area contributed by atoms with Gasteiger partial charge in [-0.15, -0.1) is 0 Å². The molecule has 1 aliphatic rings. The molecule has 0 spiro atoms. The van der Waals surface area contributed by atoms with E-state index in [2.05, 4.69) is 5.32 Å². The van der Waals surface area contributed by atoms with Gasteiger partial charge in [0.25, 0.3) is 0 Å². The third-order valence-electron chi connectivity index (χ3n) is 4.99. The molecule has 0 saturated carbocycles. The molecule has 3 rings (SSSR count). The number of para-hydroxylation sites is 1. The Morgan fingerprint density at radius 2 is 1.86 bits per heavy atom. The molecule has 6 heteroatoms. The Kier molecular flexibility index (Phi) is 6.93. The van der Waals surface area contributed by atoms with Crippen molar-refractivity contribution in [1.82, 2.24) is 4.90 Å². The van der Waals surface area contributed by atoms with Crippen LogP contribution in [-0.4, -0.2) is 36.4 Å². The largest absolute Gasteiger partial charge is 0.493 e. The van der Waals surface area contributed by atoms with Crippen molar-refractivity contribution in [2.75, 3.05) is 25.0 Å². The van der Waals surface area contributed by atoms with E-state index in [9.17, 15) is 9.59 Å². The van der Waals surface area contributed by atoms with E-state index in [1.54, 1.807) is 6.07 Å². The van der Waals surface area contributed by atoms with Crippen molar-refractivity contribution in [1.29, 1.82) is 0 Å². The van der Waals surface area contributed by atoms with Gasteiger partial charge in [0.15, 0.2) is 0 Å². The second-order valence-corrected chi connectivity index (χ2v) is 7.43. The number of anilines is 1. The van der Waals surface area contributed by atoms with Gasteiger partial charge in [0.2, 0.25) is 11.8 Å². The first-order chi connectivity index (χ1) is 13.5. The Bertz CT molecular complexity index is 818. The minimum absolute atomic E-state index is 0.0144. The fourth-order valence-corrected chi connectivity index (χ4v) is 3.42. The van der Waals surface area contributed by atoms with Gasteiger partial charge in [-0.25, -0.2) is 0 Å². The maximum absolute atomic E-state index is 12.5. The van der Waals surface area contributed by atoms with E-state index < -0.39 is 0 Å². The maximum Gasteiger partial charge on any atom is 0.227 e. The van der Waals surface area contributed by atoms with E-state index in [0.29, 0.717) is 49.7 Å². The fraction of sp³-hybridized carbons (Fsp3) is 0.364. The summed E-state index contributed by atoms with van der Waals surface area (Å²) in [6.07, 6.45) is 1.67. The Morgan fingerprint density at radius 1 is 1.14 bits per heavy atom. The van der Waals surface area contributed by atoms with Crippen LogP contribution in [0, 0.1) is 12.8 Å². The van der Waals surface area contributed by atoms with Gasteiger partial charge in [-0.3, -0.25) is 9.59 Å². The number of carbonyl (C=O) groups is 2. The van der Waals surface area contributed by atoms with Crippen molar-refractivity contribution in [3.8, 4) is 5.75 Å². The monoisotopic (exact) mass is 400 g/mol. The van der Waals surface area contributed by atoms with E-state index in [1.165, 1.54) is 0 Å². The highest BCUT2D eigenvalue weighted by Crippen LogP contribution is 2.23. The quantitative estimate of drug-likeness (QED) is 0.786. The molecule has 0 atom stereocenters. The Hall–Kier alpha value is -2.53. The summed E-state index contributed by atoms with van der Waals surface area (Å²) in [5.41, 5.74) is 1.68. The number of ether oxygens (including phenoxy) is 1. The molecular weight excluding hydrogens is 376 g/mol. The highest BCUT2D eigenvalue weighted by molar-refractivity contribution is 6.31. The SMILES string of the molecule is Cc1ccc(NC(=O)C2CCN(C(=O)CCOc3ccccc3)CC2)cc1Cl. The summed E-state index contributed by atoms with van der Waals surface area (Å²) in [6, 6.07) is 15.0. The zero-order chi connectivity index (χ0) is 19.9. The van der Waals surface area contributed by atoms with Crippen LogP contribution in [0.3, 0.4) is 0 Å². The normalized spacial score (nSPS) is 14.6. The third kappa shape index (κ3) is 5.49. The first kappa shape index (κ1) is 20.2. The number of rotatable bonds is 6. The topological polar surface area (TPSA) is 58.6 Å². The highest BCUT2D eigenvalue weighted by Gasteiger charge is 2.27. The minimum atomic E-state index is -0.0929. The second-order valence-electron chi connectivity index (χ2n) is 7.02. The fourth-order valence-electron chi connectivity index (χ4n) is 3.24. The van der Waals surface area contributed by atoms with Crippen molar-refractivity contribution in [2.24, 2.45) is 5.92 Å². The molecule has 0 aliphatic carbocycles. The van der Waals surface area contributed by atoms with Crippen LogP contribution in [-0.2, 0) is 9.59 Å². The third-order valence-corrected chi connectivity index (χ3v) is 5.39. The Labute approximate surface area is 170 Å². The van der Waals surface area contributed by atoms with Crippen molar-refractivity contribution >= 4 is 29.1 Å². The number of likely N-dealkylation sites (tertiary alicyclic amines) is 1. The number of hydrogen-bond acceptors (Lipinski definition) is 3. The summed E-state index contributed by atoms with van der Waals surface area (Å²) in [5.74, 6) is 0.728. The van der Waals surface area contributed by atoms with Crippen LogP contribution in [0.4, 0.5) is 5.69 Å². The number of hydrogen-bond donors (Lipinski definition) is 1. The zero-order valence-corrected chi connectivity index (χ0v) is 16.7. The molecular formula is C22H25ClN2O3. The summed E-state index contributed by atoms with van der Waals surface area (Å²) >= 11 is 6.11. The van der Waals surface area contributed by atoms with Gasteiger partial charge in [0, 0.05) is 29.7 Å². The molecule has 0 aromatic heterocycles. The number of carbonyl (C=O) groups excluding carboxylic acids is 2. The van der Waals surface area contributed by atoms with Gasteiger partial charge in [-0.2, -0.15) is 0 Å². The minimum Gasteiger partial charge on any atom is -0.493 e. The zero-order valence-electron chi connectivity index (χ0n) is 16.0. The standard InChI is InChI=1S/C22H25ClN2O3/c1-16-7-8-18(15-20(16)23)24-22(27)17-9-12-25(13-10-17)21(26)11-14-28-19-5-3-2-4-6-19/h2-8,15,17H,9-14H2,1H3,(H,24,27). The number of aryl methyl sites for hydroxylation is 1. The molecule has 2 aromatic carbocycles. The molecule has 1 saturated heterocycles. The first-order valence-corrected chi connectivity index (χ1v) is 9.93. The molecule has 2 amide bonds. The number of amides is 2. The van der Waals surface area contributed by atoms with Crippen LogP contribution in [0.25, 0.3) is 0 Å². The molecule has 148 valence electrons. The van der Waals surface area contributed by atoms with E-state index in [4.69, 9.17) is 16.3 Å². The Balaban J connectivity index is 1.41. The number of nitrogens with zero attached hydrogens (tertiary/aromatic N) is 1. The van der Waals surface area contributed by atoms with Gasteiger partial charge in [0.05, 0.1) is 13.0 Å². The molecule has 5 nitrogen and oxygen atoms in total. The summed E-state index contributed by atoms with van der Waals surface area (Å²) in [4.78, 5) is 26.7.